The second-order valence-corrected chi connectivity index (χ2v) is 6.40. The Morgan fingerprint density at radius 3 is 2.95 bits per heavy atom. The van der Waals surface area contributed by atoms with Crippen LogP contribution in [0.2, 0.25) is 5.15 Å². The highest BCUT2D eigenvalue weighted by Gasteiger charge is 2.19. The maximum Gasteiger partial charge on any atom is 0.175 e. The van der Waals surface area contributed by atoms with Crippen LogP contribution in [0.25, 0.3) is 5.69 Å². The highest BCUT2D eigenvalue weighted by molar-refractivity contribution is 7.98. The van der Waals surface area contributed by atoms with E-state index in [1.165, 1.54) is 0 Å². The molecule has 21 heavy (non-hydrogen) atoms. The number of nitrogens with zero attached hydrogens (tertiary/aromatic N) is 4. The highest BCUT2D eigenvalue weighted by atomic mass is 35.5. The van der Waals surface area contributed by atoms with Crippen molar-refractivity contribution in [1.82, 2.24) is 14.8 Å². The van der Waals surface area contributed by atoms with Crippen LogP contribution in [-0.4, -0.2) is 38.8 Å². The van der Waals surface area contributed by atoms with Crippen molar-refractivity contribution in [1.29, 1.82) is 0 Å². The van der Waals surface area contributed by atoms with E-state index in [1.54, 1.807) is 28.8 Å². The van der Waals surface area contributed by atoms with Gasteiger partial charge in [-0.1, -0.05) is 30.7 Å². The zero-order chi connectivity index (χ0) is 15.4. The van der Waals surface area contributed by atoms with Gasteiger partial charge in [0, 0.05) is 24.9 Å². The molecule has 2 heterocycles. The molecule has 0 saturated carbocycles. The first-order valence-corrected chi connectivity index (χ1v) is 8.64. The Kier molecular flexibility index (Phi) is 5.61. The molecule has 0 bridgehead atoms. The third-order valence-corrected chi connectivity index (χ3v) is 4.87. The van der Waals surface area contributed by atoms with Crippen molar-refractivity contribution < 1.29 is 0 Å². The molecule has 0 N–H and O–H groups in total. The molecule has 0 amide bonds. The van der Waals surface area contributed by atoms with Crippen LogP contribution in [0.1, 0.15) is 6.92 Å². The second kappa shape index (κ2) is 7.24. The molecule has 0 fully saturated rings. The van der Waals surface area contributed by atoms with Gasteiger partial charge in [0.15, 0.2) is 5.15 Å². The fourth-order valence-electron chi connectivity index (χ4n) is 1.96. The summed E-state index contributed by atoms with van der Waals surface area (Å²) in [4.78, 5) is 6.87. The van der Waals surface area contributed by atoms with E-state index in [1.807, 2.05) is 30.3 Å². The summed E-state index contributed by atoms with van der Waals surface area (Å²) in [7, 11) is 1.93. The maximum absolute atomic E-state index is 6.26. The molecule has 0 aromatic carbocycles. The number of anilines is 1. The molecule has 7 heteroatoms. The van der Waals surface area contributed by atoms with Crippen LogP contribution < -0.4 is 4.90 Å². The summed E-state index contributed by atoms with van der Waals surface area (Å²) in [6.45, 7) is 2.12. The lowest BCUT2D eigenvalue weighted by Crippen LogP contribution is -2.30. The van der Waals surface area contributed by atoms with Gasteiger partial charge in [-0.3, -0.25) is 4.98 Å². The lowest BCUT2D eigenvalue weighted by molar-refractivity contribution is 0.873. The molecule has 112 valence electrons. The summed E-state index contributed by atoms with van der Waals surface area (Å²) >= 11 is 13.6. The number of hydrogen-bond acceptors (Lipinski definition) is 4. The van der Waals surface area contributed by atoms with Gasteiger partial charge in [0.2, 0.25) is 0 Å². The molecule has 0 radical (unpaired) electrons. The van der Waals surface area contributed by atoms with Crippen LogP contribution in [-0.2, 0) is 0 Å². The van der Waals surface area contributed by atoms with Gasteiger partial charge in [0.25, 0.3) is 0 Å². The smallest absolute Gasteiger partial charge is 0.175 e. The number of pyridine rings is 1. The number of thioether (sulfide) groups is 1. The zero-order valence-corrected chi connectivity index (χ0v) is 14.5. The molecular weight excluding hydrogens is 324 g/mol. The summed E-state index contributed by atoms with van der Waals surface area (Å²) in [6.07, 6.45) is 7.41. The Morgan fingerprint density at radius 2 is 2.33 bits per heavy atom. The molecule has 2 rings (SSSR count). The monoisotopic (exact) mass is 340 g/mol. The van der Waals surface area contributed by atoms with Gasteiger partial charge in [-0.25, -0.2) is 4.68 Å². The Morgan fingerprint density at radius 1 is 1.57 bits per heavy atom. The van der Waals surface area contributed by atoms with Crippen molar-refractivity contribution in [3.8, 4) is 5.69 Å². The normalized spacial score (nSPS) is 12.2. The highest BCUT2D eigenvalue weighted by Crippen LogP contribution is 2.27. The van der Waals surface area contributed by atoms with Gasteiger partial charge >= 0.3 is 0 Å². The van der Waals surface area contributed by atoms with Crippen LogP contribution in [0.4, 0.5) is 5.69 Å². The first kappa shape index (κ1) is 16.3. The molecule has 0 aliphatic rings. The van der Waals surface area contributed by atoms with Crippen molar-refractivity contribution in [2.75, 3.05) is 24.0 Å². The lowest BCUT2D eigenvalue weighted by Gasteiger charge is -2.23. The van der Waals surface area contributed by atoms with Crippen molar-refractivity contribution >= 4 is 46.3 Å². The molecule has 1 atom stereocenters. The van der Waals surface area contributed by atoms with E-state index in [-0.39, 0.29) is 0 Å². The number of aromatic nitrogens is 3. The number of thiocarbonyl (C=S) groups is 1. The number of rotatable bonds is 5. The van der Waals surface area contributed by atoms with Crippen LogP contribution in [0, 0.1) is 5.92 Å². The molecule has 2 aromatic heterocycles. The fraction of sp³-hybridized carbons (Fsp3) is 0.357. The first-order chi connectivity index (χ1) is 10.0. The largest absolute Gasteiger partial charge is 0.335 e. The maximum atomic E-state index is 6.26. The average Bonchev–Trinajstić information content (AvgIpc) is 2.89. The van der Waals surface area contributed by atoms with E-state index in [9.17, 15) is 0 Å². The third kappa shape index (κ3) is 3.75. The van der Waals surface area contributed by atoms with E-state index in [4.69, 9.17) is 23.8 Å². The van der Waals surface area contributed by atoms with Crippen molar-refractivity contribution in [3.63, 3.8) is 0 Å². The van der Waals surface area contributed by atoms with Crippen LogP contribution >= 0.6 is 35.6 Å². The average molecular weight is 341 g/mol. The Balaban J connectivity index is 2.25. The number of halogens is 1. The van der Waals surface area contributed by atoms with Crippen LogP contribution in [0.3, 0.4) is 0 Å². The van der Waals surface area contributed by atoms with Crippen molar-refractivity contribution in [3.05, 3.63) is 35.9 Å². The fourth-order valence-corrected chi connectivity index (χ4v) is 3.16. The number of hydrogen-bond donors (Lipinski definition) is 0. The minimum Gasteiger partial charge on any atom is -0.335 e. The van der Waals surface area contributed by atoms with E-state index in [0.29, 0.717) is 11.1 Å². The lowest BCUT2D eigenvalue weighted by atomic mass is 10.2. The Bertz CT molecular complexity index is 615. The van der Waals surface area contributed by atoms with Crippen LogP contribution in [0.15, 0.2) is 30.7 Å². The summed E-state index contributed by atoms with van der Waals surface area (Å²) in [5, 5.41) is 4.76. The molecule has 2 aromatic rings. The molecule has 0 saturated heterocycles. The summed E-state index contributed by atoms with van der Waals surface area (Å²) in [5.41, 5.74) is 1.67. The van der Waals surface area contributed by atoms with E-state index >= 15 is 0 Å². The van der Waals surface area contributed by atoms with E-state index in [2.05, 4.69) is 23.3 Å². The second-order valence-electron chi connectivity index (χ2n) is 4.71. The molecule has 0 aliphatic heterocycles. The standard InChI is InChI=1S/C14H17ClN4S2/c1-10(9-21-3)14(20)18(2)12-8-19(17-13(12)15)11-5-4-6-16-7-11/h4-8,10H,9H2,1-3H3. The molecule has 1 unspecified atom stereocenters. The quantitative estimate of drug-likeness (QED) is 0.775. The Labute approximate surface area is 139 Å². The van der Waals surface area contributed by atoms with Gasteiger partial charge in [-0.15, -0.1) is 0 Å². The van der Waals surface area contributed by atoms with E-state index in [0.717, 1.165) is 22.1 Å². The predicted molar refractivity (Wildman–Crippen MR) is 94.9 cm³/mol. The summed E-state index contributed by atoms with van der Waals surface area (Å²) in [5.74, 6) is 1.29. The first-order valence-electron chi connectivity index (χ1n) is 6.46. The van der Waals surface area contributed by atoms with Gasteiger partial charge < -0.3 is 4.90 Å². The van der Waals surface area contributed by atoms with Gasteiger partial charge in [-0.2, -0.15) is 16.9 Å². The predicted octanol–water partition coefficient (Wildman–Crippen LogP) is 3.68. The minimum absolute atomic E-state index is 0.304. The van der Waals surface area contributed by atoms with Crippen molar-refractivity contribution in [2.24, 2.45) is 5.92 Å². The van der Waals surface area contributed by atoms with Gasteiger partial charge in [0.05, 0.1) is 28.8 Å². The molecule has 0 aliphatic carbocycles. The Hall–Kier alpha value is -1.11. The summed E-state index contributed by atoms with van der Waals surface area (Å²) < 4.78 is 1.71. The molecular formula is C14H17ClN4S2. The van der Waals surface area contributed by atoms with Gasteiger partial charge in [0.1, 0.15) is 0 Å². The van der Waals surface area contributed by atoms with Crippen molar-refractivity contribution in [2.45, 2.75) is 6.92 Å². The molecule has 4 nitrogen and oxygen atoms in total. The van der Waals surface area contributed by atoms with Crippen LogP contribution in [0.5, 0.6) is 0 Å². The van der Waals surface area contributed by atoms with E-state index < -0.39 is 0 Å². The topological polar surface area (TPSA) is 34.0 Å². The minimum atomic E-state index is 0.304. The zero-order valence-electron chi connectivity index (χ0n) is 12.2. The molecule has 0 spiro atoms. The third-order valence-electron chi connectivity index (χ3n) is 3.09. The van der Waals surface area contributed by atoms with Gasteiger partial charge in [-0.05, 0) is 18.4 Å². The summed E-state index contributed by atoms with van der Waals surface area (Å²) in [6, 6.07) is 3.79. The SMILES string of the molecule is CSCC(C)C(=S)N(C)c1cn(-c2cccnc2)nc1Cl.